The summed E-state index contributed by atoms with van der Waals surface area (Å²) < 4.78 is 1.11. The summed E-state index contributed by atoms with van der Waals surface area (Å²) in [6.07, 6.45) is 1.21. The van der Waals surface area contributed by atoms with E-state index in [9.17, 15) is 19.7 Å². The van der Waals surface area contributed by atoms with E-state index in [2.05, 4.69) is 4.98 Å². The van der Waals surface area contributed by atoms with E-state index in [-0.39, 0.29) is 38.7 Å². The van der Waals surface area contributed by atoms with Crippen molar-refractivity contribution in [3.05, 3.63) is 78.3 Å². The Labute approximate surface area is 156 Å². The van der Waals surface area contributed by atoms with Crippen molar-refractivity contribution in [1.29, 1.82) is 0 Å². The van der Waals surface area contributed by atoms with E-state index >= 15 is 0 Å². The number of aryl methyl sites for hydroxylation is 1. The van der Waals surface area contributed by atoms with Gasteiger partial charge in [-0.05, 0) is 19.1 Å². The van der Waals surface area contributed by atoms with Crippen LogP contribution in [-0.4, -0.2) is 20.3 Å². The number of rotatable bonds is 4. The van der Waals surface area contributed by atoms with E-state index in [4.69, 9.17) is 23.2 Å². The van der Waals surface area contributed by atoms with E-state index in [0.717, 1.165) is 4.57 Å². The van der Waals surface area contributed by atoms with Crippen LogP contribution in [0.5, 0.6) is 0 Å². The highest BCUT2D eigenvalue weighted by Crippen LogP contribution is 2.24. The van der Waals surface area contributed by atoms with Crippen molar-refractivity contribution in [2.24, 2.45) is 0 Å². The monoisotopic (exact) mass is 391 g/mol. The summed E-state index contributed by atoms with van der Waals surface area (Å²) in [6, 6.07) is 7.07. The number of benzene rings is 2. The Kier molecular flexibility index (Phi) is 4.76. The van der Waals surface area contributed by atoms with Crippen molar-refractivity contribution in [2.45, 2.75) is 13.5 Å². The van der Waals surface area contributed by atoms with Crippen molar-refractivity contribution in [3.8, 4) is 0 Å². The van der Waals surface area contributed by atoms with Crippen LogP contribution in [0, 0.1) is 17.0 Å². The molecule has 0 atom stereocenters. The minimum absolute atomic E-state index is 0.137. The topological polar surface area (TPSA) is 95.1 Å². The number of halogens is 2. The van der Waals surface area contributed by atoms with Crippen LogP contribution >= 0.6 is 23.2 Å². The van der Waals surface area contributed by atoms with Gasteiger partial charge in [-0.1, -0.05) is 35.3 Å². The summed E-state index contributed by atoms with van der Waals surface area (Å²) in [5.74, 6) is -0.454. The Morgan fingerprint density at radius 1 is 1.27 bits per heavy atom. The van der Waals surface area contributed by atoms with Crippen LogP contribution in [0.25, 0.3) is 10.9 Å². The zero-order chi connectivity index (χ0) is 19.0. The molecule has 3 aromatic rings. The standard InChI is InChI=1S/C17H11Cl2N3O4/c1-9-2-3-10(4-14(9)22(25)26)15(23)7-21-8-20-16-12(17(21)24)5-11(18)6-13(16)19/h2-6,8H,7H2,1H3. The fourth-order valence-corrected chi connectivity index (χ4v) is 3.08. The molecule has 7 nitrogen and oxygen atoms in total. The molecule has 0 aliphatic heterocycles. The molecule has 1 heterocycles. The maximum absolute atomic E-state index is 12.6. The van der Waals surface area contributed by atoms with Crippen LogP contribution in [-0.2, 0) is 6.54 Å². The second-order valence-corrected chi connectivity index (χ2v) is 6.49. The molecule has 0 saturated heterocycles. The molecule has 0 amide bonds. The Morgan fingerprint density at radius 3 is 2.69 bits per heavy atom. The van der Waals surface area contributed by atoms with Crippen LogP contribution in [0.4, 0.5) is 5.69 Å². The van der Waals surface area contributed by atoms with Gasteiger partial charge in [0.05, 0.1) is 33.7 Å². The highest BCUT2D eigenvalue weighted by Gasteiger charge is 2.17. The third kappa shape index (κ3) is 3.31. The molecule has 0 spiro atoms. The fourth-order valence-electron chi connectivity index (χ4n) is 2.53. The summed E-state index contributed by atoms with van der Waals surface area (Å²) in [5, 5.41) is 11.7. The van der Waals surface area contributed by atoms with Gasteiger partial charge in [-0.2, -0.15) is 0 Å². The molecule has 132 valence electrons. The summed E-state index contributed by atoms with van der Waals surface area (Å²) >= 11 is 11.9. The number of carbonyl (C=O) groups excluding carboxylic acids is 1. The third-order valence-electron chi connectivity index (χ3n) is 3.89. The first-order chi connectivity index (χ1) is 12.3. The Balaban J connectivity index is 2.00. The number of nitro groups is 1. The highest BCUT2D eigenvalue weighted by molar-refractivity contribution is 6.38. The number of fused-ring (bicyclic) bond motifs is 1. The molecule has 0 fully saturated rings. The number of hydrogen-bond acceptors (Lipinski definition) is 5. The van der Waals surface area contributed by atoms with E-state index < -0.39 is 16.3 Å². The largest absolute Gasteiger partial charge is 0.292 e. The average Bonchev–Trinajstić information content (AvgIpc) is 2.57. The first-order valence-electron chi connectivity index (χ1n) is 7.40. The van der Waals surface area contributed by atoms with Crippen LogP contribution in [0.3, 0.4) is 0 Å². The zero-order valence-electron chi connectivity index (χ0n) is 13.4. The molecule has 0 aliphatic rings. The summed E-state index contributed by atoms with van der Waals surface area (Å²) in [4.78, 5) is 39.6. The van der Waals surface area contributed by atoms with Crippen molar-refractivity contribution >= 4 is 45.6 Å². The molecule has 2 aromatic carbocycles. The van der Waals surface area contributed by atoms with Crippen molar-refractivity contribution in [1.82, 2.24) is 9.55 Å². The summed E-state index contributed by atoms with van der Waals surface area (Å²) in [6.45, 7) is 1.27. The molecule has 0 radical (unpaired) electrons. The number of ketones is 1. The number of aromatic nitrogens is 2. The predicted octanol–water partition coefficient (Wildman–Crippen LogP) is 3.80. The highest BCUT2D eigenvalue weighted by atomic mass is 35.5. The lowest BCUT2D eigenvalue weighted by atomic mass is 10.1. The number of nitrogens with zero attached hydrogens (tertiary/aromatic N) is 3. The van der Waals surface area contributed by atoms with Gasteiger partial charge in [0.15, 0.2) is 5.78 Å². The average molecular weight is 392 g/mol. The summed E-state index contributed by atoms with van der Waals surface area (Å²) in [5.41, 5.74) is 0.238. The minimum Gasteiger partial charge on any atom is -0.292 e. The number of hydrogen-bond donors (Lipinski definition) is 0. The number of nitro benzene ring substituents is 1. The molecule has 0 aliphatic carbocycles. The normalized spacial score (nSPS) is 10.9. The predicted molar refractivity (Wildman–Crippen MR) is 98.2 cm³/mol. The SMILES string of the molecule is Cc1ccc(C(=O)Cn2cnc3c(Cl)cc(Cl)cc3c2=O)cc1[N+](=O)[O-]. The molecule has 9 heteroatoms. The molecule has 0 bridgehead atoms. The number of Topliss-reactive ketones (excluding diaryl/α,β-unsaturated/α-hetero) is 1. The molecule has 0 unspecified atom stereocenters. The molecular weight excluding hydrogens is 381 g/mol. The minimum atomic E-state index is -0.556. The molecule has 26 heavy (non-hydrogen) atoms. The van der Waals surface area contributed by atoms with Crippen LogP contribution in [0.15, 0.2) is 41.5 Å². The lowest BCUT2D eigenvalue weighted by Crippen LogP contribution is -2.24. The fraction of sp³-hybridized carbons (Fsp3) is 0.118. The smallest absolute Gasteiger partial charge is 0.273 e. The quantitative estimate of drug-likeness (QED) is 0.382. The molecular formula is C17H11Cl2N3O4. The van der Waals surface area contributed by atoms with E-state index in [1.807, 2.05) is 0 Å². The van der Waals surface area contributed by atoms with E-state index in [0.29, 0.717) is 5.56 Å². The third-order valence-corrected chi connectivity index (χ3v) is 4.39. The van der Waals surface area contributed by atoms with Gasteiger partial charge in [-0.3, -0.25) is 24.3 Å². The van der Waals surface area contributed by atoms with E-state index in [1.165, 1.54) is 36.7 Å². The second kappa shape index (κ2) is 6.86. The van der Waals surface area contributed by atoms with Gasteiger partial charge in [0.25, 0.3) is 11.2 Å². The number of carbonyl (C=O) groups is 1. The lowest BCUT2D eigenvalue weighted by molar-refractivity contribution is -0.385. The van der Waals surface area contributed by atoms with Gasteiger partial charge in [-0.15, -0.1) is 0 Å². The Hall–Kier alpha value is -2.77. The van der Waals surface area contributed by atoms with Gasteiger partial charge in [0, 0.05) is 22.2 Å². The van der Waals surface area contributed by atoms with Gasteiger partial charge in [-0.25, -0.2) is 4.98 Å². The second-order valence-electron chi connectivity index (χ2n) is 5.64. The first kappa shape index (κ1) is 18.0. The van der Waals surface area contributed by atoms with Crippen LogP contribution in [0.1, 0.15) is 15.9 Å². The summed E-state index contributed by atoms with van der Waals surface area (Å²) in [7, 11) is 0. The molecule has 0 saturated carbocycles. The lowest BCUT2D eigenvalue weighted by Gasteiger charge is -2.08. The maximum Gasteiger partial charge on any atom is 0.273 e. The van der Waals surface area contributed by atoms with Gasteiger partial charge in [0.2, 0.25) is 0 Å². The molecule has 1 aromatic heterocycles. The van der Waals surface area contributed by atoms with Gasteiger partial charge < -0.3 is 0 Å². The maximum atomic E-state index is 12.6. The van der Waals surface area contributed by atoms with Crippen molar-refractivity contribution in [3.63, 3.8) is 0 Å². The van der Waals surface area contributed by atoms with Crippen molar-refractivity contribution in [2.75, 3.05) is 0 Å². The van der Waals surface area contributed by atoms with Crippen LogP contribution < -0.4 is 5.56 Å². The van der Waals surface area contributed by atoms with Gasteiger partial charge >= 0.3 is 0 Å². The van der Waals surface area contributed by atoms with Crippen LogP contribution in [0.2, 0.25) is 10.0 Å². The Morgan fingerprint density at radius 2 is 2.00 bits per heavy atom. The zero-order valence-corrected chi connectivity index (χ0v) is 14.9. The molecule has 3 rings (SSSR count). The molecule has 0 N–H and O–H groups in total. The van der Waals surface area contributed by atoms with E-state index in [1.54, 1.807) is 6.92 Å². The van der Waals surface area contributed by atoms with Gasteiger partial charge in [0.1, 0.15) is 0 Å². The van der Waals surface area contributed by atoms with Crippen molar-refractivity contribution < 1.29 is 9.72 Å². The first-order valence-corrected chi connectivity index (χ1v) is 8.16. The Bertz CT molecular complexity index is 1120.